The van der Waals surface area contributed by atoms with Crippen LogP contribution in [0.4, 0.5) is 0 Å². The number of amides is 2. The average Bonchev–Trinajstić information content (AvgIpc) is 3.28. The number of hydrogen-bond acceptors (Lipinski definition) is 3. The van der Waals surface area contributed by atoms with Crippen LogP contribution in [-0.4, -0.2) is 65.9 Å². The van der Waals surface area contributed by atoms with Gasteiger partial charge in [-0.15, -0.1) is 0 Å². The molecule has 2 aromatic rings. The Morgan fingerprint density at radius 1 is 1.12 bits per heavy atom. The first-order valence-corrected chi connectivity index (χ1v) is 12.4. The Balaban J connectivity index is 1.20. The van der Waals surface area contributed by atoms with E-state index in [4.69, 9.17) is 0 Å². The van der Waals surface area contributed by atoms with Crippen LogP contribution in [0.1, 0.15) is 62.4 Å². The Kier molecular flexibility index (Phi) is 7.51. The van der Waals surface area contributed by atoms with Gasteiger partial charge in [0.25, 0.3) is 5.91 Å². The van der Waals surface area contributed by atoms with Crippen molar-refractivity contribution in [2.75, 3.05) is 33.2 Å². The van der Waals surface area contributed by atoms with Crippen molar-refractivity contribution < 1.29 is 9.59 Å². The molecule has 1 aromatic carbocycles. The standard InChI is InChI=1S/C26H38N4O2/c1-19(25(31)27-14-17-29(2)22-9-4-3-5-10-22)20-12-15-30(16-13-20)26(32)24-18-21-8-6-7-11-23(21)28-24/h6-8,11,18-20,22,28H,3-5,9-10,12-17H2,1-2H3,(H,27,31)/t19-/m1/s1. The summed E-state index contributed by atoms with van der Waals surface area (Å²) >= 11 is 0. The molecule has 2 aliphatic rings. The zero-order valence-electron chi connectivity index (χ0n) is 19.6. The molecule has 2 heterocycles. The Hall–Kier alpha value is -2.34. The van der Waals surface area contributed by atoms with Crippen molar-refractivity contribution in [3.05, 3.63) is 36.0 Å². The highest BCUT2D eigenvalue weighted by Gasteiger charge is 2.30. The molecule has 0 unspecified atom stereocenters. The second-order valence-corrected chi connectivity index (χ2v) is 9.75. The maximum Gasteiger partial charge on any atom is 0.270 e. The molecule has 0 spiro atoms. The summed E-state index contributed by atoms with van der Waals surface area (Å²) in [6.45, 7) is 5.09. The fourth-order valence-electron chi connectivity index (χ4n) is 5.40. The molecule has 1 aromatic heterocycles. The summed E-state index contributed by atoms with van der Waals surface area (Å²) in [5.41, 5.74) is 1.64. The molecule has 2 amide bonds. The molecule has 1 saturated carbocycles. The van der Waals surface area contributed by atoms with Crippen molar-refractivity contribution in [3.63, 3.8) is 0 Å². The number of likely N-dealkylation sites (tertiary alicyclic amines) is 1. The van der Waals surface area contributed by atoms with Gasteiger partial charge in [-0.05, 0) is 50.8 Å². The molecule has 0 radical (unpaired) electrons. The summed E-state index contributed by atoms with van der Waals surface area (Å²) in [4.78, 5) is 33.2. The van der Waals surface area contributed by atoms with E-state index in [1.807, 2.05) is 42.2 Å². The van der Waals surface area contributed by atoms with Crippen LogP contribution in [0, 0.1) is 11.8 Å². The van der Waals surface area contributed by atoms with Gasteiger partial charge >= 0.3 is 0 Å². The minimum atomic E-state index is -0.0136. The number of nitrogens with zero attached hydrogens (tertiary/aromatic N) is 2. The predicted molar refractivity (Wildman–Crippen MR) is 129 cm³/mol. The lowest BCUT2D eigenvalue weighted by atomic mass is 9.84. The van der Waals surface area contributed by atoms with Gasteiger partial charge in [0.2, 0.25) is 5.91 Å². The van der Waals surface area contributed by atoms with Crippen LogP contribution in [0.25, 0.3) is 10.9 Å². The first kappa shape index (κ1) is 22.8. The largest absolute Gasteiger partial charge is 0.355 e. The summed E-state index contributed by atoms with van der Waals surface area (Å²) < 4.78 is 0. The summed E-state index contributed by atoms with van der Waals surface area (Å²) in [5, 5.41) is 4.22. The molecule has 32 heavy (non-hydrogen) atoms. The second kappa shape index (κ2) is 10.5. The molecule has 2 N–H and O–H groups in total. The first-order valence-electron chi connectivity index (χ1n) is 12.4. The number of benzene rings is 1. The van der Waals surface area contributed by atoms with E-state index in [-0.39, 0.29) is 17.7 Å². The number of rotatable bonds is 7. The van der Waals surface area contributed by atoms with Crippen molar-refractivity contribution >= 4 is 22.7 Å². The van der Waals surface area contributed by atoms with Gasteiger partial charge in [0.15, 0.2) is 0 Å². The smallest absolute Gasteiger partial charge is 0.270 e. The lowest BCUT2D eigenvalue weighted by Gasteiger charge is -2.34. The summed E-state index contributed by atoms with van der Waals surface area (Å²) in [7, 11) is 2.19. The van der Waals surface area contributed by atoms with E-state index >= 15 is 0 Å². The number of para-hydroxylation sites is 1. The quantitative estimate of drug-likeness (QED) is 0.686. The Morgan fingerprint density at radius 2 is 1.84 bits per heavy atom. The number of nitrogens with one attached hydrogen (secondary N) is 2. The van der Waals surface area contributed by atoms with Gasteiger partial charge < -0.3 is 20.1 Å². The molecular formula is C26H38N4O2. The van der Waals surface area contributed by atoms with Crippen LogP contribution < -0.4 is 5.32 Å². The topological polar surface area (TPSA) is 68.4 Å². The highest BCUT2D eigenvalue weighted by atomic mass is 16.2. The van der Waals surface area contributed by atoms with Crippen LogP contribution in [0.2, 0.25) is 0 Å². The van der Waals surface area contributed by atoms with Gasteiger partial charge in [0.1, 0.15) is 5.69 Å². The Labute approximate surface area is 191 Å². The lowest BCUT2D eigenvalue weighted by Crippen LogP contribution is -2.44. The van der Waals surface area contributed by atoms with Crippen molar-refractivity contribution in [2.24, 2.45) is 11.8 Å². The van der Waals surface area contributed by atoms with Gasteiger partial charge in [-0.2, -0.15) is 0 Å². The molecule has 1 aliphatic heterocycles. The van der Waals surface area contributed by atoms with Crippen LogP contribution in [0.15, 0.2) is 30.3 Å². The predicted octanol–water partition coefficient (Wildman–Crippen LogP) is 4.04. The fourth-order valence-corrected chi connectivity index (χ4v) is 5.40. The van der Waals surface area contributed by atoms with Gasteiger partial charge in [-0.1, -0.05) is 44.4 Å². The maximum atomic E-state index is 12.9. The van der Waals surface area contributed by atoms with E-state index < -0.39 is 0 Å². The van der Waals surface area contributed by atoms with Crippen molar-refractivity contribution in [3.8, 4) is 0 Å². The van der Waals surface area contributed by atoms with Crippen LogP contribution >= 0.6 is 0 Å². The number of aromatic nitrogens is 1. The monoisotopic (exact) mass is 438 g/mol. The molecule has 6 nitrogen and oxygen atoms in total. The van der Waals surface area contributed by atoms with Crippen molar-refractivity contribution in [1.29, 1.82) is 0 Å². The van der Waals surface area contributed by atoms with E-state index in [2.05, 4.69) is 22.2 Å². The maximum absolute atomic E-state index is 12.9. The van der Waals surface area contributed by atoms with E-state index in [9.17, 15) is 9.59 Å². The summed E-state index contributed by atoms with van der Waals surface area (Å²) in [5.74, 6) is 0.531. The molecule has 1 atom stereocenters. The summed E-state index contributed by atoms with van der Waals surface area (Å²) in [6.07, 6.45) is 8.36. The number of H-pyrrole nitrogens is 1. The van der Waals surface area contributed by atoms with Crippen LogP contribution in [0.5, 0.6) is 0 Å². The van der Waals surface area contributed by atoms with Crippen LogP contribution in [-0.2, 0) is 4.79 Å². The van der Waals surface area contributed by atoms with Crippen molar-refractivity contribution in [2.45, 2.75) is 57.9 Å². The highest BCUT2D eigenvalue weighted by molar-refractivity contribution is 5.98. The fraction of sp³-hybridized carbons (Fsp3) is 0.615. The minimum Gasteiger partial charge on any atom is -0.355 e. The van der Waals surface area contributed by atoms with Gasteiger partial charge in [-0.25, -0.2) is 0 Å². The van der Waals surface area contributed by atoms with E-state index in [1.54, 1.807) is 0 Å². The number of fused-ring (bicyclic) bond motifs is 1. The molecular weight excluding hydrogens is 400 g/mol. The second-order valence-electron chi connectivity index (χ2n) is 9.75. The third-order valence-electron chi connectivity index (χ3n) is 7.67. The Bertz CT molecular complexity index is 876. The van der Waals surface area contributed by atoms with E-state index in [1.165, 1.54) is 32.1 Å². The number of carbonyl (C=O) groups is 2. The molecule has 2 fully saturated rings. The van der Waals surface area contributed by atoms with Crippen LogP contribution in [0.3, 0.4) is 0 Å². The Morgan fingerprint density at radius 3 is 2.56 bits per heavy atom. The average molecular weight is 439 g/mol. The zero-order chi connectivity index (χ0) is 22.5. The zero-order valence-corrected chi connectivity index (χ0v) is 19.6. The normalized spacial score (nSPS) is 19.4. The van der Waals surface area contributed by atoms with E-state index in [0.717, 1.165) is 30.3 Å². The summed E-state index contributed by atoms with van der Waals surface area (Å²) in [6, 6.07) is 10.6. The van der Waals surface area contributed by atoms with Gasteiger partial charge in [0, 0.05) is 49.0 Å². The van der Waals surface area contributed by atoms with Gasteiger partial charge in [-0.3, -0.25) is 9.59 Å². The molecule has 4 rings (SSSR count). The number of likely N-dealkylation sites (N-methyl/N-ethyl adjacent to an activating group) is 1. The third kappa shape index (κ3) is 5.34. The van der Waals surface area contributed by atoms with Crippen molar-refractivity contribution in [1.82, 2.24) is 20.1 Å². The molecule has 1 aliphatic carbocycles. The molecule has 174 valence electrons. The van der Waals surface area contributed by atoms with E-state index in [0.29, 0.717) is 37.3 Å². The number of aromatic amines is 1. The minimum absolute atomic E-state index is 0.0136. The highest BCUT2D eigenvalue weighted by Crippen LogP contribution is 2.27. The molecule has 0 bridgehead atoms. The molecule has 1 saturated heterocycles. The SMILES string of the molecule is C[C@@H](C(=O)NCCN(C)C1CCCCC1)C1CCN(C(=O)c2cc3ccccc3[nH]2)CC1. The number of piperidine rings is 1. The first-order chi connectivity index (χ1) is 15.5. The third-order valence-corrected chi connectivity index (χ3v) is 7.67. The molecule has 6 heteroatoms. The number of hydrogen-bond donors (Lipinski definition) is 2. The van der Waals surface area contributed by atoms with Gasteiger partial charge in [0.05, 0.1) is 0 Å². The number of carbonyl (C=O) groups excluding carboxylic acids is 2. The lowest BCUT2D eigenvalue weighted by molar-refractivity contribution is -0.126.